The fourth-order valence-corrected chi connectivity index (χ4v) is 1.11. The van der Waals surface area contributed by atoms with Crippen LogP contribution in [0.25, 0.3) is 0 Å². The summed E-state index contributed by atoms with van der Waals surface area (Å²) in [6.07, 6.45) is 0. The molecule has 1 rings (SSSR count). The Morgan fingerprint density at radius 3 is 2.64 bits per heavy atom. The third-order valence-corrected chi connectivity index (χ3v) is 1.77. The van der Waals surface area contributed by atoms with Gasteiger partial charge in [-0.3, -0.25) is 0 Å². The van der Waals surface area contributed by atoms with Crippen LogP contribution in [-0.4, -0.2) is 14.2 Å². The smallest absolute Gasteiger partial charge is 0.123 e. The van der Waals surface area contributed by atoms with E-state index in [1.165, 1.54) is 0 Å². The van der Waals surface area contributed by atoms with Crippen LogP contribution in [0.5, 0.6) is 5.75 Å². The van der Waals surface area contributed by atoms with Crippen LogP contribution in [0, 0.1) is 6.92 Å². The molecule has 0 aliphatic heterocycles. The maximum Gasteiger partial charge on any atom is 0.123 e. The second-order valence-electron chi connectivity index (χ2n) is 2.38. The van der Waals surface area contributed by atoms with Gasteiger partial charge in [0.05, 0.1) is 7.11 Å². The average Bonchev–Trinajstić information content (AvgIpc) is 2.05. The number of methoxy groups -OCH3 is 1. The molecular weight excluding hydrogens is 138 g/mol. The fourth-order valence-electron chi connectivity index (χ4n) is 1.11. The summed E-state index contributed by atoms with van der Waals surface area (Å²) in [5, 5.41) is 3.09. The van der Waals surface area contributed by atoms with Crippen molar-refractivity contribution in [1.82, 2.24) is 0 Å². The van der Waals surface area contributed by atoms with Crippen LogP contribution >= 0.6 is 0 Å². The normalized spacial score (nSPS) is 9.36. The molecule has 0 fully saturated rings. The van der Waals surface area contributed by atoms with Crippen molar-refractivity contribution >= 4 is 5.69 Å². The topological polar surface area (TPSA) is 21.3 Å². The molecule has 0 aliphatic carbocycles. The highest BCUT2D eigenvalue weighted by molar-refractivity contribution is 5.56. The van der Waals surface area contributed by atoms with E-state index in [0.29, 0.717) is 0 Å². The minimum Gasteiger partial charge on any atom is -0.496 e. The van der Waals surface area contributed by atoms with Crippen LogP contribution in [0.3, 0.4) is 0 Å². The molecule has 0 amide bonds. The number of rotatable bonds is 2. The Bertz CT molecular complexity index is 223. The van der Waals surface area contributed by atoms with Gasteiger partial charge in [-0.05, 0) is 19.1 Å². The number of hydrogen-bond acceptors (Lipinski definition) is 2. The second-order valence-corrected chi connectivity index (χ2v) is 2.38. The molecule has 0 spiro atoms. The van der Waals surface area contributed by atoms with E-state index < -0.39 is 0 Å². The van der Waals surface area contributed by atoms with Crippen LogP contribution in [0.2, 0.25) is 0 Å². The molecule has 0 saturated heterocycles. The lowest BCUT2D eigenvalue weighted by molar-refractivity contribution is 0.412. The molecule has 2 heteroatoms. The predicted molar refractivity (Wildman–Crippen MR) is 47.3 cm³/mol. The van der Waals surface area contributed by atoms with E-state index >= 15 is 0 Å². The third-order valence-electron chi connectivity index (χ3n) is 1.77. The number of hydrogen-bond donors (Lipinski definition) is 1. The number of anilines is 1. The Balaban J connectivity index is 3.10. The summed E-state index contributed by atoms with van der Waals surface area (Å²) in [5.41, 5.74) is 2.27. The van der Waals surface area contributed by atoms with Crippen LogP contribution in [0.1, 0.15) is 5.56 Å². The molecule has 11 heavy (non-hydrogen) atoms. The summed E-state index contributed by atoms with van der Waals surface area (Å²) in [6.45, 7) is 2.03. The summed E-state index contributed by atoms with van der Waals surface area (Å²) >= 11 is 0. The van der Waals surface area contributed by atoms with Gasteiger partial charge in [-0.2, -0.15) is 0 Å². The highest BCUT2D eigenvalue weighted by Gasteiger charge is 2.00. The minimum atomic E-state index is 0.928. The Labute approximate surface area is 67.2 Å². The van der Waals surface area contributed by atoms with Crippen molar-refractivity contribution in [2.75, 3.05) is 19.5 Å². The van der Waals surface area contributed by atoms with Gasteiger partial charge in [-0.15, -0.1) is 0 Å². The monoisotopic (exact) mass is 151 g/mol. The van der Waals surface area contributed by atoms with Gasteiger partial charge in [-0.25, -0.2) is 0 Å². The van der Waals surface area contributed by atoms with E-state index in [4.69, 9.17) is 4.74 Å². The molecule has 1 aromatic carbocycles. The molecule has 0 saturated carbocycles. The van der Waals surface area contributed by atoms with Gasteiger partial charge in [0, 0.05) is 18.3 Å². The van der Waals surface area contributed by atoms with Crippen LogP contribution in [0.4, 0.5) is 5.69 Å². The Morgan fingerprint density at radius 1 is 1.36 bits per heavy atom. The standard InChI is InChI=1S/C9H13NO/c1-7-8(10-2)5-4-6-9(7)11-3/h4-6,10H,1-3H3. The number of nitrogens with one attached hydrogen (secondary N) is 1. The fraction of sp³-hybridized carbons (Fsp3) is 0.333. The lowest BCUT2D eigenvalue weighted by Gasteiger charge is -2.08. The van der Waals surface area contributed by atoms with Crippen molar-refractivity contribution in [2.24, 2.45) is 0 Å². The van der Waals surface area contributed by atoms with Gasteiger partial charge in [0.15, 0.2) is 0 Å². The van der Waals surface area contributed by atoms with Gasteiger partial charge in [0.2, 0.25) is 0 Å². The molecule has 0 radical (unpaired) electrons. The summed E-state index contributed by atoms with van der Waals surface area (Å²) in [6, 6.07) is 5.95. The maximum atomic E-state index is 5.15. The van der Waals surface area contributed by atoms with Crippen LogP contribution in [0.15, 0.2) is 18.2 Å². The molecule has 60 valence electrons. The first-order valence-corrected chi connectivity index (χ1v) is 3.61. The van der Waals surface area contributed by atoms with E-state index in [2.05, 4.69) is 5.32 Å². The lowest BCUT2D eigenvalue weighted by atomic mass is 10.2. The molecule has 0 bridgehead atoms. The molecule has 1 N–H and O–H groups in total. The van der Waals surface area contributed by atoms with Gasteiger partial charge in [0.1, 0.15) is 5.75 Å². The van der Waals surface area contributed by atoms with Gasteiger partial charge in [-0.1, -0.05) is 6.07 Å². The van der Waals surface area contributed by atoms with E-state index in [1.807, 2.05) is 32.2 Å². The zero-order valence-electron chi connectivity index (χ0n) is 7.14. The van der Waals surface area contributed by atoms with Crippen molar-refractivity contribution in [3.05, 3.63) is 23.8 Å². The molecule has 1 aromatic rings. The van der Waals surface area contributed by atoms with Crippen molar-refractivity contribution < 1.29 is 4.74 Å². The van der Waals surface area contributed by atoms with E-state index in [1.54, 1.807) is 7.11 Å². The van der Waals surface area contributed by atoms with Crippen molar-refractivity contribution in [3.8, 4) is 5.75 Å². The molecule has 0 heterocycles. The summed E-state index contributed by atoms with van der Waals surface area (Å²) in [7, 11) is 3.59. The first kappa shape index (κ1) is 7.92. The average molecular weight is 151 g/mol. The van der Waals surface area contributed by atoms with Gasteiger partial charge in [0.25, 0.3) is 0 Å². The van der Waals surface area contributed by atoms with Gasteiger partial charge < -0.3 is 10.1 Å². The molecule has 0 aliphatic rings. The van der Waals surface area contributed by atoms with Crippen molar-refractivity contribution in [3.63, 3.8) is 0 Å². The van der Waals surface area contributed by atoms with Gasteiger partial charge >= 0.3 is 0 Å². The highest BCUT2D eigenvalue weighted by atomic mass is 16.5. The largest absolute Gasteiger partial charge is 0.496 e. The second kappa shape index (κ2) is 3.28. The van der Waals surface area contributed by atoms with E-state index in [9.17, 15) is 0 Å². The van der Waals surface area contributed by atoms with Crippen molar-refractivity contribution in [2.45, 2.75) is 6.92 Å². The molecule has 0 aromatic heterocycles. The third kappa shape index (κ3) is 1.45. The Hall–Kier alpha value is -1.18. The summed E-state index contributed by atoms with van der Waals surface area (Å²) in [4.78, 5) is 0. The first-order valence-electron chi connectivity index (χ1n) is 3.61. The predicted octanol–water partition coefficient (Wildman–Crippen LogP) is 2.05. The van der Waals surface area contributed by atoms with Crippen LogP contribution in [-0.2, 0) is 0 Å². The van der Waals surface area contributed by atoms with Crippen molar-refractivity contribution in [1.29, 1.82) is 0 Å². The Kier molecular flexibility index (Phi) is 2.36. The molecule has 2 nitrogen and oxygen atoms in total. The molecular formula is C9H13NO. The molecule has 0 unspecified atom stereocenters. The Morgan fingerprint density at radius 2 is 2.09 bits per heavy atom. The van der Waals surface area contributed by atoms with Crippen LogP contribution < -0.4 is 10.1 Å². The summed E-state index contributed by atoms with van der Waals surface area (Å²) in [5.74, 6) is 0.928. The lowest BCUT2D eigenvalue weighted by Crippen LogP contribution is -1.94. The minimum absolute atomic E-state index is 0.928. The zero-order chi connectivity index (χ0) is 8.27. The molecule has 0 atom stereocenters. The quantitative estimate of drug-likeness (QED) is 0.698. The zero-order valence-corrected chi connectivity index (χ0v) is 7.14. The van der Waals surface area contributed by atoms with E-state index in [0.717, 1.165) is 17.0 Å². The highest BCUT2D eigenvalue weighted by Crippen LogP contribution is 2.23. The maximum absolute atomic E-state index is 5.15. The SMILES string of the molecule is CNc1cccc(OC)c1C. The number of benzene rings is 1. The van der Waals surface area contributed by atoms with E-state index in [-0.39, 0.29) is 0 Å². The number of ether oxygens (including phenoxy) is 1. The first-order chi connectivity index (χ1) is 5.29. The summed E-state index contributed by atoms with van der Waals surface area (Å²) < 4.78 is 5.15.